The van der Waals surface area contributed by atoms with Crippen LogP contribution in [0.3, 0.4) is 0 Å². The molecule has 0 radical (unpaired) electrons. The topological polar surface area (TPSA) is 71.6 Å². The third-order valence-electron chi connectivity index (χ3n) is 6.39. The second kappa shape index (κ2) is 2.85. The third kappa shape index (κ3) is 0.954. The van der Waals surface area contributed by atoms with Crippen molar-refractivity contribution in [1.29, 1.82) is 0 Å². The van der Waals surface area contributed by atoms with Crippen LogP contribution in [-0.2, 0) is 19.0 Å². The fraction of sp³-hybridized carbons (Fsp3) is 0.800. The number of carbonyl (C=O) groups excluding carboxylic acids is 1. The monoisotopic (exact) mass is 278 g/mol. The van der Waals surface area contributed by atoms with Gasteiger partial charge in [-0.3, -0.25) is 0 Å². The van der Waals surface area contributed by atoms with E-state index in [4.69, 9.17) is 14.2 Å². The van der Waals surface area contributed by atoms with Gasteiger partial charge < -0.3 is 19.3 Å². The van der Waals surface area contributed by atoms with E-state index in [1.807, 2.05) is 13.8 Å². The van der Waals surface area contributed by atoms with Gasteiger partial charge in [0, 0.05) is 11.5 Å². The Bertz CT molecular complexity index is 569. The number of epoxide rings is 2. The minimum absolute atomic E-state index is 0.0250. The summed E-state index contributed by atoms with van der Waals surface area (Å²) in [7, 11) is 0. The van der Waals surface area contributed by atoms with Crippen molar-refractivity contribution >= 4 is 5.97 Å². The normalized spacial score (nSPS) is 65.7. The largest absolute Gasteiger partial charge is 0.458 e. The average molecular weight is 278 g/mol. The van der Waals surface area contributed by atoms with Crippen molar-refractivity contribution in [1.82, 2.24) is 0 Å². The molecule has 3 unspecified atom stereocenters. The molecule has 5 aliphatic rings. The van der Waals surface area contributed by atoms with Crippen LogP contribution in [0, 0.1) is 11.8 Å². The summed E-state index contributed by atoms with van der Waals surface area (Å²) in [5.74, 6) is -0.430. The van der Waals surface area contributed by atoms with E-state index in [1.165, 1.54) is 0 Å². The first-order valence-corrected chi connectivity index (χ1v) is 7.31. The van der Waals surface area contributed by atoms with Gasteiger partial charge in [-0.15, -0.1) is 0 Å². The van der Waals surface area contributed by atoms with E-state index in [2.05, 4.69) is 6.58 Å². The summed E-state index contributed by atoms with van der Waals surface area (Å²) < 4.78 is 17.4. The highest BCUT2D eigenvalue weighted by molar-refractivity contribution is 5.91. The molecule has 2 saturated carbocycles. The van der Waals surface area contributed by atoms with Gasteiger partial charge in [-0.2, -0.15) is 0 Å². The van der Waals surface area contributed by atoms with Gasteiger partial charge in [-0.25, -0.2) is 4.79 Å². The number of hydrogen-bond acceptors (Lipinski definition) is 5. The summed E-state index contributed by atoms with van der Waals surface area (Å²) >= 11 is 0. The maximum atomic E-state index is 11.9. The molecule has 3 saturated heterocycles. The summed E-state index contributed by atoms with van der Waals surface area (Å²) in [5, 5.41) is 10.9. The predicted octanol–water partition coefficient (Wildman–Crippen LogP) is 0.554. The van der Waals surface area contributed by atoms with Gasteiger partial charge >= 0.3 is 5.97 Å². The molecule has 20 heavy (non-hydrogen) atoms. The molecule has 2 aliphatic carbocycles. The number of ether oxygens (including phenoxy) is 3. The second-order valence-electron chi connectivity index (χ2n) is 7.35. The molecular formula is C15H18O5. The molecule has 0 aromatic rings. The molecule has 5 nitrogen and oxygen atoms in total. The average Bonchev–Trinajstić information content (AvgIpc) is 3.21. The summed E-state index contributed by atoms with van der Waals surface area (Å²) in [6.45, 7) is 7.78. The van der Waals surface area contributed by atoms with Gasteiger partial charge in [-0.05, 0) is 26.7 Å². The van der Waals surface area contributed by atoms with Crippen LogP contribution in [-0.4, -0.2) is 46.2 Å². The fourth-order valence-corrected chi connectivity index (χ4v) is 5.23. The molecule has 1 spiro atoms. The molecule has 0 bridgehead atoms. The molecule has 3 aliphatic heterocycles. The highest BCUT2D eigenvalue weighted by Crippen LogP contribution is 2.75. The summed E-state index contributed by atoms with van der Waals surface area (Å²) in [4.78, 5) is 11.9. The standard InChI is InChI=1S/C15H18O5/c1-6-7-4-5-13(2,17)15-9(8(7)18-12(6)16)14(3)10(19-14)11(15)20-15/h7-11,17H,1,4-5H2,2-3H3/t7-,8?,9-,10?,11?,13+,14-,15+/m0/s1. The Balaban J connectivity index is 1.67. The number of hydrogen-bond donors (Lipinski definition) is 1. The van der Waals surface area contributed by atoms with Crippen LogP contribution in [0.4, 0.5) is 0 Å². The quantitative estimate of drug-likeness (QED) is 0.398. The zero-order valence-corrected chi connectivity index (χ0v) is 11.6. The van der Waals surface area contributed by atoms with Gasteiger partial charge in [0.15, 0.2) is 0 Å². The van der Waals surface area contributed by atoms with E-state index in [-0.39, 0.29) is 41.7 Å². The molecule has 5 rings (SSSR count). The molecule has 0 amide bonds. The van der Waals surface area contributed by atoms with Crippen molar-refractivity contribution in [3.8, 4) is 0 Å². The van der Waals surface area contributed by atoms with Gasteiger partial charge in [0.1, 0.15) is 29.5 Å². The Morgan fingerprint density at radius 2 is 2.05 bits per heavy atom. The fourth-order valence-electron chi connectivity index (χ4n) is 5.23. The SMILES string of the molecule is C=C1C(=O)OC2[C@H]1CC[C@@](C)(O)[C@]13OC1C1O[C@@]1(C)[C@H]23. The zero-order chi connectivity index (χ0) is 14.1. The Morgan fingerprint density at radius 1 is 1.30 bits per heavy atom. The van der Waals surface area contributed by atoms with Gasteiger partial charge in [-0.1, -0.05) is 6.58 Å². The molecule has 0 aromatic heterocycles. The van der Waals surface area contributed by atoms with Crippen LogP contribution >= 0.6 is 0 Å². The Hall–Kier alpha value is -0.910. The van der Waals surface area contributed by atoms with Crippen LogP contribution < -0.4 is 0 Å². The lowest BCUT2D eigenvalue weighted by molar-refractivity contribution is -0.147. The lowest BCUT2D eigenvalue weighted by atomic mass is 9.74. The molecule has 8 atom stereocenters. The first-order valence-electron chi connectivity index (χ1n) is 7.31. The Kier molecular flexibility index (Phi) is 1.67. The van der Waals surface area contributed by atoms with E-state index in [9.17, 15) is 9.90 Å². The zero-order valence-electron chi connectivity index (χ0n) is 11.6. The third-order valence-corrected chi connectivity index (χ3v) is 6.39. The lowest BCUT2D eigenvalue weighted by Crippen LogP contribution is -2.53. The van der Waals surface area contributed by atoms with Crippen molar-refractivity contribution in [2.45, 2.75) is 61.8 Å². The van der Waals surface area contributed by atoms with Gasteiger partial charge in [0.2, 0.25) is 0 Å². The summed E-state index contributed by atoms with van der Waals surface area (Å²) in [6, 6.07) is 0. The van der Waals surface area contributed by atoms with Gasteiger partial charge in [0.25, 0.3) is 0 Å². The number of fused-ring (bicyclic) bond motifs is 5. The van der Waals surface area contributed by atoms with Crippen LogP contribution in [0.1, 0.15) is 26.7 Å². The predicted molar refractivity (Wildman–Crippen MR) is 66.7 cm³/mol. The minimum Gasteiger partial charge on any atom is -0.458 e. The molecular weight excluding hydrogens is 260 g/mol. The van der Waals surface area contributed by atoms with Crippen molar-refractivity contribution < 1.29 is 24.1 Å². The maximum absolute atomic E-state index is 11.9. The molecule has 5 heteroatoms. The van der Waals surface area contributed by atoms with Crippen molar-refractivity contribution in [2.75, 3.05) is 0 Å². The molecule has 1 N–H and O–H groups in total. The van der Waals surface area contributed by atoms with Crippen LogP contribution in [0.25, 0.3) is 0 Å². The minimum atomic E-state index is -0.904. The van der Waals surface area contributed by atoms with Gasteiger partial charge in [0.05, 0.1) is 11.5 Å². The van der Waals surface area contributed by atoms with E-state index in [0.717, 1.165) is 0 Å². The molecule has 108 valence electrons. The highest BCUT2D eigenvalue weighted by atomic mass is 16.7. The van der Waals surface area contributed by atoms with E-state index >= 15 is 0 Å². The smallest absolute Gasteiger partial charge is 0.334 e. The summed E-state index contributed by atoms with van der Waals surface area (Å²) in [6.07, 6.45) is 1.01. The molecule has 3 heterocycles. The lowest BCUT2D eigenvalue weighted by Gasteiger charge is -2.36. The van der Waals surface area contributed by atoms with Crippen molar-refractivity contribution in [3.05, 3.63) is 12.2 Å². The van der Waals surface area contributed by atoms with Crippen LogP contribution in [0.5, 0.6) is 0 Å². The van der Waals surface area contributed by atoms with E-state index < -0.39 is 11.2 Å². The number of rotatable bonds is 0. The maximum Gasteiger partial charge on any atom is 0.334 e. The van der Waals surface area contributed by atoms with Crippen molar-refractivity contribution in [2.24, 2.45) is 11.8 Å². The summed E-state index contributed by atoms with van der Waals surface area (Å²) in [5.41, 5.74) is -1.30. The van der Waals surface area contributed by atoms with Crippen molar-refractivity contribution in [3.63, 3.8) is 0 Å². The highest BCUT2D eigenvalue weighted by Gasteiger charge is 2.92. The first-order chi connectivity index (χ1) is 9.33. The number of aliphatic hydroxyl groups is 1. The molecule has 0 aromatic carbocycles. The number of carbonyl (C=O) groups is 1. The second-order valence-corrected chi connectivity index (χ2v) is 7.35. The molecule has 5 fully saturated rings. The Morgan fingerprint density at radius 3 is 2.80 bits per heavy atom. The Labute approximate surface area is 116 Å². The number of esters is 1. The van der Waals surface area contributed by atoms with E-state index in [1.54, 1.807) is 0 Å². The van der Waals surface area contributed by atoms with Crippen LogP contribution in [0.15, 0.2) is 12.2 Å². The van der Waals surface area contributed by atoms with E-state index in [0.29, 0.717) is 18.4 Å². The first kappa shape index (κ1) is 11.7. The van der Waals surface area contributed by atoms with Crippen LogP contribution in [0.2, 0.25) is 0 Å².